The van der Waals surface area contributed by atoms with Gasteiger partial charge in [0.25, 0.3) is 5.91 Å². The number of aromatic nitrogens is 2. The molecule has 0 spiro atoms. The molecule has 6 heteroatoms. The van der Waals surface area contributed by atoms with E-state index >= 15 is 0 Å². The van der Waals surface area contributed by atoms with Crippen molar-refractivity contribution in [2.24, 2.45) is 0 Å². The van der Waals surface area contributed by atoms with Gasteiger partial charge in [-0.15, -0.1) is 0 Å². The normalized spacial score (nSPS) is 17.9. The summed E-state index contributed by atoms with van der Waals surface area (Å²) in [6, 6.07) is 19.6. The number of likely N-dealkylation sites (tertiary alicyclic amines) is 2. The van der Waals surface area contributed by atoms with E-state index in [-0.39, 0.29) is 12.0 Å². The minimum absolute atomic E-state index is 0.0240. The Balaban J connectivity index is 1.18. The van der Waals surface area contributed by atoms with E-state index in [4.69, 9.17) is 0 Å². The van der Waals surface area contributed by atoms with Gasteiger partial charge >= 0.3 is 0 Å². The van der Waals surface area contributed by atoms with Crippen molar-refractivity contribution in [3.8, 4) is 11.1 Å². The van der Waals surface area contributed by atoms with Crippen molar-refractivity contribution in [1.82, 2.24) is 19.8 Å². The lowest BCUT2D eigenvalue weighted by molar-refractivity contribution is 0.0355. The second-order valence-electron chi connectivity index (χ2n) is 10.1. The van der Waals surface area contributed by atoms with Crippen molar-refractivity contribution in [2.45, 2.75) is 57.6 Å². The van der Waals surface area contributed by atoms with Crippen molar-refractivity contribution >= 4 is 5.91 Å². The average molecular weight is 485 g/mol. The molecule has 0 saturated carbocycles. The maximum absolute atomic E-state index is 13.3. The highest BCUT2D eigenvalue weighted by Gasteiger charge is 2.30. The predicted octanol–water partition coefficient (Wildman–Crippen LogP) is 4.30. The van der Waals surface area contributed by atoms with Gasteiger partial charge in [0.1, 0.15) is 12.0 Å². The fraction of sp³-hybridized carbons (Fsp3) is 0.433. The van der Waals surface area contributed by atoms with E-state index in [1.54, 1.807) is 6.33 Å². The Morgan fingerprint density at radius 1 is 0.861 bits per heavy atom. The molecule has 3 aromatic rings. The van der Waals surface area contributed by atoms with Crippen LogP contribution in [0.5, 0.6) is 0 Å². The summed E-state index contributed by atoms with van der Waals surface area (Å²) in [5.41, 5.74) is 6.08. The Morgan fingerprint density at radius 2 is 1.53 bits per heavy atom. The molecule has 3 heterocycles. The molecule has 0 unspecified atom stereocenters. The fourth-order valence-electron chi connectivity index (χ4n) is 5.55. The molecule has 0 aliphatic carbocycles. The summed E-state index contributed by atoms with van der Waals surface area (Å²) in [6.07, 6.45) is 6.73. The number of aliphatic hydroxyl groups excluding tert-OH is 1. The van der Waals surface area contributed by atoms with Gasteiger partial charge in [0.15, 0.2) is 0 Å². The van der Waals surface area contributed by atoms with E-state index in [9.17, 15) is 9.90 Å². The van der Waals surface area contributed by atoms with E-state index in [1.807, 2.05) is 17.9 Å². The average Bonchev–Trinajstić information content (AvgIpc) is 2.93. The molecule has 0 bridgehead atoms. The van der Waals surface area contributed by atoms with E-state index in [2.05, 4.69) is 63.4 Å². The third kappa shape index (κ3) is 5.66. The van der Waals surface area contributed by atoms with Crippen molar-refractivity contribution in [2.75, 3.05) is 26.2 Å². The van der Waals surface area contributed by atoms with Crippen molar-refractivity contribution in [3.05, 3.63) is 83.4 Å². The minimum Gasteiger partial charge on any atom is -0.393 e. The number of hydrogen-bond acceptors (Lipinski definition) is 5. The Bertz CT molecular complexity index is 1150. The zero-order valence-electron chi connectivity index (χ0n) is 21.1. The molecule has 2 aromatic carbocycles. The van der Waals surface area contributed by atoms with Gasteiger partial charge in [-0.05, 0) is 62.1 Å². The molecule has 2 saturated heterocycles. The predicted molar refractivity (Wildman–Crippen MR) is 142 cm³/mol. The number of aliphatic hydroxyl groups is 1. The zero-order valence-corrected chi connectivity index (χ0v) is 21.1. The number of benzene rings is 2. The van der Waals surface area contributed by atoms with Gasteiger partial charge in [-0.25, -0.2) is 9.97 Å². The number of carbonyl (C=O) groups is 1. The Kier molecular flexibility index (Phi) is 7.73. The van der Waals surface area contributed by atoms with E-state index in [0.29, 0.717) is 11.7 Å². The van der Waals surface area contributed by atoms with Gasteiger partial charge in [-0.3, -0.25) is 4.79 Å². The highest BCUT2D eigenvalue weighted by Crippen LogP contribution is 2.24. The summed E-state index contributed by atoms with van der Waals surface area (Å²) in [6.45, 7) is 5.42. The third-order valence-electron chi connectivity index (χ3n) is 7.87. The number of hydrogen-bond donors (Lipinski definition) is 1. The van der Waals surface area contributed by atoms with Crippen LogP contribution in [0.3, 0.4) is 0 Å². The number of nitrogens with zero attached hydrogens (tertiary/aromatic N) is 4. The van der Waals surface area contributed by atoms with Gasteiger partial charge in [0.05, 0.1) is 6.10 Å². The zero-order chi connectivity index (χ0) is 24.9. The molecule has 2 fully saturated rings. The number of amides is 1. The molecule has 1 amide bonds. The van der Waals surface area contributed by atoms with Crippen LogP contribution in [-0.4, -0.2) is 69.1 Å². The lowest BCUT2D eigenvalue weighted by atomic mass is 9.98. The van der Waals surface area contributed by atoms with Crippen LogP contribution in [0.1, 0.15) is 53.0 Å². The molecule has 1 aromatic heterocycles. The van der Waals surface area contributed by atoms with Crippen molar-refractivity contribution in [1.29, 1.82) is 0 Å². The van der Waals surface area contributed by atoms with E-state index < -0.39 is 0 Å². The second-order valence-corrected chi connectivity index (χ2v) is 10.1. The van der Waals surface area contributed by atoms with Crippen LogP contribution in [0, 0.1) is 6.92 Å². The van der Waals surface area contributed by atoms with Gasteiger partial charge < -0.3 is 14.9 Å². The standard InChI is InChI=1S/C30H36N4O2/c1-22-28(12-9-23-7-10-25(11-8-23)24-5-3-2-4-6-24)31-21-32-29(22)30(36)34-17-13-26(14-18-34)33-19-15-27(35)16-20-33/h2-8,10-11,21,26-27,35H,9,12-20H2,1H3. The molecule has 2 aliphatic rings. The van der Waals surface area contributed by atoms with Crippen molar-refractivity contribution < 1.29 is 9.90 Å². The SMILES string of the molecule is Cc1c(CCc2ccc(-c3ccccc3)cc2)ncnc1C(=O)N1CCC(N2CCC(O)CC2)CC1. The number of carbonyl (C=O) groups excluding carboxylic acids is 1. The minimum atomic E-state index is -0.147. The molecule has 5 rings (SSSR count). The van der Waals surface area contributed by atoms with E-state index in [1.165, 1.54) is 16.7 Å². The Morgan fingerprint density at radius 3 is 2.22 bits per heavy atom. The highest BCUT2D eigenvalue weighted by atomic mass is 16.3. The van der Waals surface area contributed by atoms with Gasteiger partial charge in [-0.2, -0.15) is 0 Å². The molecule has 36 heavy (non-hydrogen) atoms. The largest absolute Gasteiger partial charge is 0.393 e. The van der Waals surface area contributed by atoms with Crippen LogP contribution >= 0.6 is 0 Å². The fourth-order valence-corrected chi connectivity index (χ4v) is 5.55. The first-order valence-electron chi connectivity index (χ1n) is 13.2. The van der Waals surface area contributed by atoms with Gasteiger partial charge in [0.2, 0.25) is 0 Å². The first-order valence-corrected chi connectivity index (χ1v) is 13.2. The van der Waals surface area contributed by atoms with Crippen LogP contribution < -0.4 is 0 Å². The van der Waals surface area contributed by atoms with Crippen LogP contribution in [0.15, 0.2) is 60.9 Å². The maximum atomic E-state index is 13.3. The number of piperidine rings is 2. The topological polar surface area (TPSA) is 69.6 Å². The molecule has 6 nitrogen and oxygen atoms in total. The summed E-state index contributed by atoms with van der Waals surface area (Å²) in [7, 11) is 0. The lowest BCUT2D eigenvalue weighted by Gasteiger charge is -2.41. The van der Waals surface area contributed by atoms with Crippen LogP contribution in [-0.2, 0) is 12.8 Å². The first-order chi connectivity index (χ1) is 17.6. The van der Waals surface area contributed by atoms with Crippen molar-refractivity contribution in [3.63, 3.8) is 0 Å². The van der Waals surface area contributed by atoms with Crippen LogP contribution in [0.4, 0.5) is 0 Å². The van der Waals surface area contributed by atoms with Gasteiger partial charge in [0, 0.05) is 43.5 Å². The highest BCUT2D eigenvalue weighted by molar-refractivity contribution is 5.93. The number of rotatable bonds is 6. The van der Waals surface area contributed by atoms with Crippen LogP contribution in [0.2, 0.25) is 0 Å². The summed E-state index contributed by atoms with van der Waals surface area (Å²) in [4.78, 5) is 26.7. The molecule has 1 N–H and O–H groups in total. The molecule has 188 valence electrons. The first kappa shape index (κ1) is 24.6. The lowest BCUT2D eigenvalue weighted by Crippen LogP contribution is -2.49. The Labute approximate surface area is 214 Å². The maximum Gasteiger partial charge on any atom is 0.272 e. The molecular formula is C30H36N4O2. The monoisotopic (exact) mass is 484 g/mol. The van der Waals surface area contributed by atoms with Crippen LogP contribution in [0.25, 0.3) is 11.1 Å². The Hall–Kier alpha value is -3.09. The third-order valence-corrected chi connectivity index (χ3v) is 7.87. The number of aryl methyl sites for hydroxylation is 2. The smallest absolute Gasteiger partial charge is 0.272 e. The second kappa shape index (κ2) is 11.3. The van der Waals surface area contributed by atoms with E-state index in [0.717, 1.165) is 76.0 Å². The summed E-state index contributed by atoms with van der Waals surface area (Å²) in [5, 5.41) is 9.78. The summed E-state index contributed by atoms with van der Waals surface area (Å²) in [5.74, 6) is 0.0240. The molecule has 0 radical (unpaired) electrons. The summed E-state index contributed by atoms with van der Waals surface area (Å²) < 4.78 is 0. The molecule has 2 aliphatic heterocycles. The van der Waals surface area contributed by atoms with Gasteiger partial charge in [-0.1, -0.05) is 54.6 Å². The molecule has 0 atom stereocenters. The quantitative estimate of drug-likeness (QED) is 0.565. The summed E-state index contributed by atoms with van der Waals surface area (Å²) >= 11 is 0. The molecular weight excluding hydrogens is 448 g/mol.